The number of hydrogen-bond acceptors (Lipinski definition) is 3. The molecule has 1 aromatic heterocycles. The monoisotopic (exact) mass is 289 g/mol. The van der Waals surface area contributed by atoms with E-state index in [0.717, 1.165) is 10.6 Å². The van der Waals surface area contributed by atoms with Gasteiger partial charge >= 0.3 is 0 Å². The Kier molecular flexibility index (Phi) is 5.12. The Bertz CT molecular complexity index is 527. The largest absolute Gasteiger partial charge is 0.329 e. The standard InChI is InChI=1S/C16H20ClN3/c1-12(13-5-7-15(17)8-6-13)20(2)16(10-18)14-4-3-9-19-11-14/h3-9,11-12,16H,10,18H2,1-2H3. The zero-order valence-corrected chi connectivity index (χ0v) is 12.6. The first-order valence-corrected chi connectivity index (χ1v) is 7.08. The van der Waals surface area contributed by atoms with Crippen molar-refractivity contribution in [2.45, 2.75) is 19.0 Å². The van der Waals surface area contributed by atoms with Crippen LogP contribution in [0.3, 0.4) is 0 Å². The summed E-state index contributed by atoms with van der Waals surface area (Å²) in [5.74, 6) is 0. The molecule has 2 aromatic rings. The maximum Gasteiger partial charge on any atom is 0.0488 e. The Morgan fingerprint density at radius 3 is 2.45 bits per heavy atom. The topological polar surface area (TPSA) is 42.1 Å². The van der Waals surface area contributed by atoms with Crippen LogP contribution in [-0.4, -0.2) is 23.5 Å². The third-order valence-electron chi connectivity index (χ3n) is 3.75. The van der Waals surface area contributed by atoms with Crippen LogP contribution in [0.25, 0.3) is 0 Å². The molecule has 0 amide bonds. The Morgan fingerprint density at radius 1 is 1.20 bits per heavy atom. The highest BCUT2D eigenvalue weighted by Gasteiger charge is 2.21. The van der Waals surface area contributed by atoms with Crippen molar-refractivity contribution in [3.05, 3.63) is 64.9 Å². The first-order valence-electron chi connectivity index (χ1n) is 6.71. The lowest BCUT2D eigenvalue weighted by molar-refractivity contribution is 0.190. The minimum atomic E-state index is 0.148. The van der Waals surface area contributed by atoms with Crippen molar-refractivity contribution in [2.75, 3.05) is 13.6 Å². The van der Waals surface area contributed by atoms with E-state index in [1.165, 1.54) is 5.56 Å². The van der Waals surface area contributed by atoms with Gasteiger partial charge in [0.2, 0.25) is 0 Å². The number of aromatic nitrogens is 1. The molecule has 3 nitrogen and oxygen atoms in total. The van der Waals surface area contributed by atoms with E-state index in [9.17, 15) is 0 Å². The number of benzene rings is 1. The summed E-state index contributed by atoms with van der Waals surface area (Å²) in [6.07, 6.45) is 3.66. The molecule has 2 atom stereocenters. The molecule has 1 heterocycles. The average Bonchev–Trinajstić information content (AvgIpc) is 2.49. The molecule has 2 rings (SSSR count). The Morgan fingerprint density at radius 2 is 1.90 bits per heavy atom. The summed E-state index contributed by atoms with van der Waals surface area (Å²) in [6.45, 7) is 2.72. The van der Waals surface area contributed by atoms with E-state index in [1.807, 2.05) is 24.4 Å². The lowest BCUT2D eigenvalue weighted by Crippen LogP contribution is -2.32. The zero-order valence-electron chi connectivity index (χ0n) is 11.8. The second-order valence-electron chi connectivity index (χ2n) is 4.93. The van der Waals surface area contributed by atoms with Crippen LogP contribution in [0.15, 0.2) is 48.8 Å². The van der Waals surface area contributed by atoms with Crippen LogP contribution >= 0.6 is 11.6 Å². The van der Waals surface area contributed by atoms with Gasteiger partial charge in [-0.3, -0.25) is 9.88 Å². The van der Waals surface area contributed by atoms with E-state index >= 15 is 0 Å². The maximum atomic E-state index is 5.96. The Labute approximate surface area is 125 Å². The summed E-state index contributed by atoms with van der Waals surface area (Å²) in [5.41, 5.74) is 8.31. The molecule has 4 heteroatoms. The van der Waals surface area contributed by atoms with Crippen LogP contribution in [0.2, 0.25) is 5.02 Å². The number of halogens is 1. The van der Waals surface area contributed by atoms with Gasteiger partial charge in [-0.1, -0.05) is 29.8 Å². The molecular formula is C16H20ClN3. The van der Waals surface area contributed by atoms with Crippen LogP contribution in [0, 0.1) is 0 Å². The van der Waals surface area contributed by atoms with Crippen molar-refractivity contribution in [3.8, 4) is 0 Å². The molecule has 0 saturated heterocycles. The van der Waals surface area contributed by atoms with Crippen molar-refractivity contribution < 1.29 is 0 Å². The van der Waals surface area contributed by atoms with Crippen LogP contribution in [0.4, 0.5) is 0 Å². The Hall–Kier alpha value is -1.42. The molecule has 0 saturated carbocycles. The number of rotatable bonds is 5. The zero-order chi connectivity index (χ0) is 14.5. The van der Waals surface area contributed by atoms with Gasteiger partial charge in [0.15, 0.2) is 0 Å². The second-order valence-corrected chi connectivity index (χ2v) is 5.37. The van der Waals surface area contributed by atoms with Gasteiger partial charge in [0.1, 0.15) is 0 Å². The summed E-state index contributed by atoms with van der Waals surface area (Å²) in [4.78, 5) is 6.44. The highest BCUT2D eigenvalue weighted by atomic mass is 35.5. The van der Waals surface area contributed by atoms with Crippen LogP contribution in [0.5, 0.6) is 0 Å². The van der Waals surface area contributed by atoms with Crippen molar-refractivity contribution in [1.29, 1.82) is 0 Å². The maximum absolute atomic E-state index is 5.96. The smallest absolute Gasteiger partial charge is 0.0488 e. The van der Waals surface area contributed by atoms with E-state index in [2.05, 4.69) is 42.1 Å². The van der Waals surface area contributed by atoms with Crippen molar-refractivity contribution >= 4 is 11.6 Å². The minimum absolute atomic E-state index is 0.148. The number of nitrogens with zero attached hydrogens (tertiary/aromatic N) is 2. The molecule has 0 radical (unpaired) electrons. The first kappa shape index (κ1) is 15.0. The first-order chi connectivity index (χ1) is 9.63. The lowest BCUT2D eigenvalue weighted by Gasteiger charge is -2.33. The van der Waals surface area contributed by atoms with Gasteiger partial charge in [0.25, 0.3) is 0 Å². The molecule has 0 aliphatic heterocycles. The minimum Gasteiger partial charge on any atom is -0.329 e. The fraction of sp³-hybridized carbons (Fsp3) is 0.312. The van der Waals surface area contributed by atoms with Gasteiger partial charge in [-0.15, -0.1) is 0 Å². The van der Waals surface area contributed by atoms with Crippen LogP contribution in [0.1, 0.15) is 30.1 Å². The summed E-state index contributed by atoms with van der Waals surface area (Å²) in [5, 5.41) is 0.756. The predicted octanol–water partition coefficient (Wildman–Crippen LogP) is 3.43. The highest BCUT2D eigenvalue weighted by Crippen LogP contribution is 2.28. The van der Waals surface area contributed by atoms with Gasteiger partial charge in [-0.05, 0) is 43.3 Å². The molecule has 0 bridgehead atoms. The summed E-state index contributed by atoms with van der Waals surface area (Å²) in [7, 11) is 2.09. The van der Waals surface area contributed by atoms with Crippen molar-refractivity contribution in [3.63, 3.8) is 0 Å². The third kappa shape index (κ3) is 3.37. The molecule has 0 spiro atoms. The average molecular weight is 290 g/mol. The number of likely N-dealkylation sites (N-methyl/N-ethyl adjacent to an activating group) is 1. The highest BCUT2D eigenvalue weighted by molar-refractivity contribution is 6.30. The molecule has 0 aliphatic rings. The quantitative estimate of drug-likeness (QED) is 0.917. The van der Waals surface area contributed by atoms with E-state index in [0.29, 0.717) is 6.54 Å². The van der Waals surface area contributed by atoms with Gasteiger partial charge in [-0.25, -0.2) is 0 Å². The second kappa shape index (κ2) is 6.84. The van der Waals surface area contributed by atoms with Crippen molar-refractivity contribution in [1.82, 2.24) is 9.88 Å². The predicted molar refractivity (Wildman–Crippen MR) is 83.7 cm³/mol. The number of pyridine rings is 1. The third-order valence-corrected chi connectivity index (χ3v) is 4.00. The van der Waals surface area contributed by atoms with Gasteiger partial charge < -0.3 is 5.73 Å². The van der Waals surface area contributed by atoms with E-state index in [1.54, 1.807) is 6.20 Å². The van der Waals surface area contributed by atoms with Crippen molar-refractivity contribution in [2.24, 2.45) is 5.73 Å². The Balaban J connectivity index is 2.20. The normalized spacial score (nSPS) is 14.2. The SMILES string of the molecule is CC(c1ccc(Cl)cc1)N(C)C(CN)c1cccnc1. The molecule has 2 N–H and O–H groups in total. The fourth-order valence-corrected chi connectivity index (χ4v) is 2.48. The molecule has 0 fully saturated rings. The molecule has 106 valence electrons. The van der Waals surface area contributed by atoms with Gasteiger partial charge in [0.05, 0.1) is 0 Å². The van der Waals surface area contributed by atoms with E-state index < -0.39 is 0 Å². The summed E-state index contributed by atoms with van der Waals surface area (Å²) < 4.78 is 0. The van der Waals surface area contributed by atoms with E-state index in [4.69, 9.17) is 17.3 Å². The van der Waals surface area contributed by atoms with Gasteiger partial charge in [0, 0.05) is 36.0 Å². The molecular weight excluding hydrogens is 270 g/mol. The number of hydrogen-bond donors (Lipinski definition) is 1. The fourth-order valence-electron chi connectivity index (χ4n) is 2.36. The molecule has 20 heavy (non-hydrogen) atoms. The summed E-state index contributed by atoms with van der Waals surface area (Å²) in [6, 6.07) is 12.4. The van der Waals surface area contributed by atoms with Crippen LogP contribution in [-0.2, 0) is 0 Å². The molecule has 2 unspecified atom stereocenters. The number of nitrogens with two attached hydrogens (primary N) is 1. The van der Waals surface area contributed by atoms with E-state index in [-0.39, 0.29) is 12.1 Å². The molecule has 0 aliphatic carbocycles. The van der Waals surface area contributed by atoms with Gasteiger partial charge in [-0.2, -0.15) is 0 Å². The summed E-state index contributed by atoms with van der Waals surface area (Å²) >= 11 is 5.94. The lowest BCUT2D eigenvalue weighted by atomic mass is 10.0. The molecule has 1 aromatic carbocycles. The van der Waals surface area contributed by atoms with Crippen LogP contribution < -0.4 is 5.73 Å².